The molecule has 0 bridgehead atoms. The molecule has 0 N–H and O–H groups in total. The number of nitrogens with zero attached hydrogens (tertiary/aromatic N) is 1. The number of hydrogen-bond acceptors (Lipinski definition) is 6. The van der Waals surface area contributed by atoms with E-state index in [0.717, 1.165) is 16.9 Å². The second-order valence-electron chi connectivity index (χ2n) is 7.47. The second-order valence-corrected chi connectivity index (χ2v) is 8.66. The fourth-order valence-corrected chi connectivity index (χ4v) is 5.09. The Kier molecular flexibility index (Phi) is 5.81. The van der Waals surface area contributed by atoms with Gasteiger partial charge in [-0.3, -0.25) is 4.79 Å². The van der Waals surface area contributed by atoms with Crippen molar-refractivity contribution in [3.05, 3.63) is 83.4 Å². The van der Waals surface area contributed by atoms with Gasteiger partial charge < -0.3 is 23.8 Å². The first kappa shape index (κ1) is 20.6. The summed E-state index contributed by atoms with van der Waals surface area (Å²) >= 11 is 1.74. The summed E-state index contributed by atoms with van der Waals surface area (Å²) in [5.74, 6) is 3.45. The molecular weight excluding hydrogens is 426 g/mol. The summed E-state index contributed by atoms with van der Waals surface area (Å²) < 4.78 is 22.4. The molecule has 0 spiro atoms. The highest BCUT2D eigenvalue weighted by molar-refractivity contribution is 7.99. The summed E-state index contributed by atoms with van der Waals surface area (Å²) in [6.45, 7) is 1.31. The van der Waals surface area contributed by atoms with Crippen molar-refractivity contribution in [2.24, 2.45) is 0 Å². The van der Waals surface area contributed by atoms with Crippen LogP contribution in [0.25, 0.3) is 0 Å². The third-order valence-electron chi connectivity index (χ3n) is 5.48. The maximum atomic E-state index is 13.3. The number of hydrogen-bond donors (Lipinski definition) is 0. The Hall–Kier alpha value is -3.32. The number of amides is 1. The zero-order chi connectivity index (χ0) is 21.9. The Morgan fingerprint density at radius 1 is 1.03 bits per heavy atom. The first-order chi connectivity index (χ1) is 15.7. The van der Waals surface area contributed by atoms with E-state index in [1.54, 1.807) is 37.1 Å². The number of methoxy groups -OCH3 is 1. The van der Waals surface area contributed by atoms with Gasteiger partial charge in [-0.15, -0.1) is 11.8 Å². The zero-order valence-corrected chi connectivity index (χ0v) is 18.5. The lowest BCUT2D eigenvalue weighted by atomic mass is 10.1. The number of fused-ring (bicyclic) bond motifs is 1. The van der Waals surface area contributed by atoms with Crippen molar-refractivity contribution in [2.45, 2.75) is 12.0 Å². The molecule has 5 rings (SSSR count). The van der Waals surface area contributed by atoms with Gasteiger partial charge in [0.25, 0.3) is 5.91 Å². The van der Waals surface area contributed by atoms with Crippen molar-refractivity contribution in [3.8, 4) is 23.0 Å². The molecule has 164 valence electrons. The van der Waals surface area contributed by atoms with E-state index in [-0.39, 0.29) is 18.1 Å². The fourth-order valence-electron chi connectivity index (χ4n) is 3.84. The van der Waals surface area contributed by atoms with Crippen LogP contribution in [0.4, 0.5) is 0 Å². The van der Waals surface area contributed by atoms with Gasteiger partial charge in [0.2, 0.25) is 6.79 Å². The molecular formula is C25H23NO5S. The summed E-state index contributed by atoms with van der Waals surface area (Å²) in [5, 5.41) is -0.0992. The Morgan fingerprint density at radius 3 is 2.72 bits per heavy atom. The number of rotatable bonds is 6. The molecule has 1 fully saturated rings. The van der Waals surface area contributed by atoms with Gasteiger partial charge >= 0.3 is 0 Å². The number of ether oxygens (including phenoxy) is 4. The molecule has 2 aliphatic rings. The molecule has 0 saturated carbocycles. The second kappa shape index (κ2) is 9.04. The van der Waals surface area contributed by atoms with E-state index in [0.29, 0.717) is 41.7 Å². The van der Waals surface area contributed by atoms with Crippen molar-refractivity contribution < 1.29 is 23.7 Å². The van der Waals surface area contributed by atoms with Gasteiger partial charge in [-0.2, -0.15) is 0 Å². The van der Waals surface area contributed by atoms with Gasteiger partial charge in [-0.1, -0.05) is 36.4 Å². The third-order valence-corrected chi connectivity index (χ3v) is 6.74. The zero-order valence-electron chi connectivity index (χ0n) is 17.7. The van der Waals surface area contributed by atoms with Gasteiger partial charge in [0.05, 0.1) is 7.11 Å². The van der Waals surface area contributed by atoms with Gasteiger partial charge in [0.15, 0.2) is 23.0 Å². The number of benzene rings is 3. The molecule has 1 atom stereocenters. The van der Waals surface area contributed by atoms with Gasteiger partial charge in [0.1, 0.15) is 12.0 Å². The molecule has 3 aromatic rings. The van der Waals surface area contributed by atoms with Crippen molar-refractivity contribution >= 4 is 17.7 Å². The van der Waals surface area contributed by atoms with Crippen LogP contribution in [0, 0.1) is 0 Å². The number of carbonyl (C=O) groups excluding carboxylic acids is 1. The van der Waals surface area contributed by atoms with Crippen molar-refractivity contribution in [1.29, 1.82) is 0 Å². The van der Waals surface area contributed by atoms with E-state index in [2.05, 4.69) is 0 Å². The molecule has 2 heterocycles. The van der Waals surface area contributed by atoms with Gasteiger partial charge in [-0.05, 0) is 41.5 Å². The third kappa shape index (κ3) is 4.08. The largest absolute Gasteiger partial charge is 0.493 e. The first-order valence-corrected chi connectivity index (χ1v) is 11.4. The van der Waals surface area contributed by atoms with Gasteiger partial charge in [-0.25, -0.2) is 0 Å². The molecule has 1 amide bonds. The lowest BCUT2D eigenvalue weighted by molar-refractivity contribution is 0.0759. The lowest BCUT2D eigenvalue weighted by Gasteiger charge is -2.25. The summed E-state index contributed by atoms with van der Waals surface area (Å²) in [6.07, 6.45) is 0. The average Bonchev–Trinajstić information content (AvgIpc) is 3.52. The van der Waals surface area contributed by atoms with Crippen LogP contribution in [0.3, 0.4) is 0 Å². The highest BCUT2D eigenvalue weighted by Gasteiger charge is 2.32. The van der Waals surface area contributed by atoms with Crippen LogP contribution in [0.2, 0.25) is 0 Å². The van der Waals surface area contributed by atoms with Crippen LogP contribution >= 0.6 is 11.8 Å². The van der Waals surface area contributed by atoms with E-state index < -0.39 is 0 Å². The molecule has 32 heavy (non-hydrogen) atoms. The predicted molar refractivity (Wildman–Crippen MR) is 123 cm³/mol. The summed E-state index contributed by atoms with van der Waals surface area (Å²) in [4.78, 5) is 15.2. The molecule has 3 aromatic carbocycles. The molecule has 7 heteroatoms. The Morgan fingerprint density at radius 2 is 1.88 bits per heavy atom. The smallest absolute Gasteiger partial charge is 0.255 e. The maximum absolute atomic E-state index is 13.3. The van der Waals surface area contributed by atoms with E-state index in [4.69, 9.17) is 18.9 Å². The monoisotopic (exact) mass is 449 g/mol. The summed E-state index contributed by atoms with van der Waals surface area (Å²) in [7, 11) is 1.63. The van der Waals surface area contributed by atoms with Crippen LogP contribution in [-0.2, 0) is 6.61 Å². The highest BCUT2D eigenvalue weighted by atomic mass is 32.2. The molecule has 6 nitrogen and oxygen atoms in total. The van der Waals surface area contributed by atoms with Crippen LogP contribution in [-0.4, -0.2) is 37.0 Å². The molecule has 2 aliphatic heterocycles. The van der Waals surface area contributed by atoms with E-state index in [1.807, 2.05) is 53.4 Å². The van der Waals surface area contributed by atoms with Crippen molar-refractivity contribution in [3.63, 3.8) is 0 Å². The minimum absolute atomic E-state index is 0.0270. The topological polar surface area (TPSA) is 57.2 Å². The van der Waals surface area contributed by atoms with Crippen LogP contribution in [0.5, 0.6) is 23.0 Å². The fraction of sp³-hybridized carbons (Fsp3) is 0.240. The highest BCUT2D eigenvalue weighted by Crippen LogP contribution is 2.42. The summed E-state index contributed by atoms with van der Waals surface area (Å²) in [6, 6.07) is 21.2. The van der Waals surface area contributed by atoms with Crippen LogP contribution < -0.4 is 18.9 Å². The summed E-state index contributed by atoms with van der Waals surface area (Å²) in [5.41, 5.74) is 2.68. The van der Waals surface area contributed by atoms with Crippen LogP contribution in [0.15, 0.2) is 66.7 Å². The molecule has 0 unspecified atom stereocenters. The SMILES string of the molecule is COc1ccc([C@@H]2SCCN2C(=O)c2ccc3c(c2)OCO3)cc1OCc1ccccc1. The minimum Gasteiger partial charge on any atom is -0.493 e. The molecule has 0 aliphatic carbocycles. The van der Waals surface area contributed by atoms with E-state index >= 15 is 0 Å². The van der Waals surface area contributed by atoms with Crippen molar-refractivity contribution in [2.75, 3.05) is 26.2 Å². The van der Waals surface area contributed by atoms with Gasteiger partial charge in [0, 0.05) is 17.9 Å². The minimum atomic E-state index is -0.0992. The Balaban J connectivity index is 1.37. The standard InChI is InChI=1S/C25H23NO5S/c1-28-20-9-8-19(14-22(20)29-15-17-5-3-2-4-6-17)25-26(11-12-32-25)24(27)18-7-10-21-23(13-18)31-16-30-21/h2-10,13-14,25H,11-12,15-16H2,1H3/t25-/m0/s1. The molecule has 1 saturated heterocycles. The molecule has 0 radical (unpaired) electrons. The Bertz CT molecular complexity index is 1120. The number of thioether (sulfide) groups is 1. The lowest BCUT2D eigenvalue weighted by Crippen LogP contribution is -2.30. The average molecular weight is 450 g/mol. The molecule has 0 aromatic heterocycles. The number of carbonyl (C=O) groups is 1. The van der Waals surface area contributed by atoms with Crippen molar-refractivity contribution in [1.82, 2.24) is 4.90 Å². The quantitative estimate of drug-likeness (QED) is 0.534. The Labute approximate surface area is 191 Å². The first-order valence-electron chi connectivity index (χ1n) is 10.4. The maximum Gasteiger partial charge on any atom is 0.255 e. The van der Waals surface area contributed by atoms with E-state index in [9.17, 15) is 4.79 Å². The normalized spacial score (nSPS) is 16.8. The van der Waals surface area contributed by atoms with Crippen LogP contribution in [0.1, 0.15) is 26.9 Å². The van der Waals surface area contributed by atoms with E-state index in [1.165, 1.54) is 0 Å². The predicted octanol–water partition coefficient (Wildman–Crippen LogP) is 4.89.